The van der Waals surface area contributed by atoms with Crippen LogP contribution in [0.3, 0.4) is 0 Å². The van der Waals surface area contributed by atoms with Gasteiger partial charge >= 0.3 is 6.03 Å². The number of carbonyl (C=O) groups is 2. The Labute approximate surface area is 90.8 Å². The van der Waals surface area contributed by atoms with Crippen LogP contribution in [0.4, 0.5) is 10.6 Å². The van der Waals surface area contributed by atoms with Crippen LogP contribution >= 0.6 is 0 Å². The van der Waals surface area contributed by atoms with Gasteiger partial charge in [0.1, 0.15) is 0 Å². The van der Waals surface area contributed by atoms with Crippen LogP contribution in [0.5, 0.6) is 0 Å². The molecular weight excluding hydrogens is 212 g/mol. The van der Waals surface area contributed by atoms with E-state index in [1.54, 1.807) is 0 Å². The largest absolute Gasteiger partial charge is 0.329 e. The number of hydrogen-bond donors (Lipinski definition) is 3. The summed E-state index contributed by atoms with van der Waals surface area (Å²) in [5.74, 6) is 5.27. The highest BCUT2D eigenvalue weighted by atomic mass is 16.2. The van der Waals surface area contributed by atoms with E-state index in [9.17, 15) is 9.59 Å². The first-order chi connectivity index (χ1) is 7.70. The van der Waals surface area contributed by atoms with E-state index < -0.39 is 6.03 Å². The highest BCUT2D eigenvalue weighted by Gasteiger charge is 2.28. The first kappa shape index (κ1) is 10.3. The lowest BCUT2D eigenvalue weighted by Gasteiger charge is -2.11. The summed E-state index contributed by atoms with van der Waals surface area (Å²) in [6.07, 6.45) is 2.88. The van der Waals surface area contributed by atoms with Gasteiger partial charge in [-0.2, -0.15) is 0 Å². The molecule has 4 N–H and O–H groups in total. The first-order valence-electron chi connectivity index (χ1n) is 4.56. The van der Waals surface area contributed by atoms with Crippen molar-refractivity contribution in [3.8, 4) is 0 Å². The molecule has 8 nitrogen and oxygen atoms in total. The summed E-state index contributed by atoms with van der Waals surface area (Å²) in [6, 6.07) is -0.409. The molecule has 0 saturated carbocycles. The number of nitrogen functional groups attached to an aromatic ring is 1. The molecular formula is C8H10N6O2. The summed E-state index contributed by atoms with van der Waals surface area (Å²) in [4.78, 5) is 31.5. The number of anilines is 1. The van der Waals surface area contributed by atoms with Crippen LogP contribution < -0.4 is 16.6 Å². The van der Waals surface area contributed by atoms with Gasteiger partial charge in [0.05, 0.1) is 31.2 Å². The molecule has 0 bridgehead atoms. The number of nitrogens with zero attached hydrogens (tertiary/aromatic N) is 3. The van der Waals surface area contributed by atoms with Gasteiger partial charge in [0.2, 0.25) is 5.91 Å². The minimum Gasteiger partial charge on any atom is -0.329 e. The number of aromatic nitrogens is 2. The van der Waals surface area contributed by atoms with E-state index in [0.717, 1.165) is 4.90 Å². The zero-order valence-corrected chi connectivity index (χ0v) is 8.30. The fraction of sp³-hybridized carbons (Fsp3) is 0.250. The van der Waals surface area contributed by atoms with Gasteiger partial charge in [-0.25, -0.2) is 15.6 Å². The molecule has 0 spiro atoms. The van der Waals surface area contributed by atoms with E-state index >= 15 is 0 Å². The van der Waals surface area contributed by atoms with Gasteiger partial charge in [0.25, 0.3) is 0 Å². The molecule has 1 aromatic rings. The molecule has 84 valence electrons. The van der Waals surface area contributed by atoms with Crippen LogP contribution in [0.2, 0.25) is 0 Å². The number of imide groups is 1. The molecule has 16 heavy (non-hydrogen) atoms. The van der Waals surface area contributed by atoms with Crippen molar-refractivity contribution in [3.63, 3.8) is 0 Å². The van der Waals surface area contributed by atoms with Crippen molar-refractivity contribution in [2.75, 3.05) is 12.0 Å². The molecule has 3 amide bonds. The summed E-state index contributed by atoms with van der Waals surface area (Å²) in [5, 5.41) is 2.42. The zero-order chi connectivity index (χ0) is 11.5. The maximum absolute atomic E-state index is 11.3. The molecule has 0 radical (unpaired) electrons. The fourth-order valence-corrected chi connectivity index (χ4v) is 1.29. The number of hydrazine groups is 1. The first-order valence-corrected chi connectivity index (χ1v) is 4.56. The third-order valence-electron chi connectivity index (χ3n) is 2.11. The lowest BCUT2D eigenvalue weighted by Crippen LogP contribution is -2.30. The quantitative estimate of drug-likeness (QED) is 0.337. The van der Waals surface area contributed by atoms with Gasteiger partial charge < -0.3 is 10.7 Å². The Morgan fingerprint density at radius 3 is 2.75 bits per heavy atom. The van der Waals surface area contributed by atoms with Gasteiger partial charge in [0.15, 0.2) is 5.82 Å². The van der Waals surface area contributed by atoms with Crippen LogP contribution in [0, 0.1) is 0 Å². The molecule has 0 unspecified atom stereocenters. The van der Waals surface area contributed by atoms with Crippen molar-refractivity contribution >= 4 is 17.8 Å². The Kier molecular flexibility index (Phi) is 2.64. The van der Waals surface area contributed by atoms with Crippen LogP contribution in [-0.4, -0.2) is 33.4 Å². The van der Waals surface area contributed by atoms with Gasteiger partial charge in [-0.15, -0.1) is 0 Å². The third-order valence-corrected chi connectivity index (χ3v) is 2.11. The molecule has 2 rings (SSSR count). The second-order valence-corrected chi connectivity index (χ2v) is 3.18. The van der Waals surface area contributed by atoms with Crippen LogP contribution in [0.25, 0.3) is 0 Å². The topological polar surface area (TPSA) is 113 Å². The normalized spacial score (nSPS) is 15.2. The zero-order valence-electron chi connectivity index (χ0n) is 8.30. The highest BCUT2D eigenvalue weighted by Crippen LogP contribution is 2.06. The van der Waals surface area contributed by atoms with Crippen molar-refractivity contribution in [1.29, 1.82) is 0 Å². The van der Waals surface area contributed by atoms with E-state index in [-0.39, 0.29) is 19.0 Å². The summed E-state index contributed by atoms with van der Waals surface area (Å²) in [7, 11) is 0. The molecule has 1 aromatic heterocycles. The average Bonchev–Trinajstić information content (AvgIpc) is 2.62. The van der Waals surface area contributed by atoms with Crippen molar-refractivity contribution in [2.24, 2.45) is 5.84 Å². The van der Waals surface area contributed by atoms with E-state index in [4.69, 9.17) is 5.84 Å². The third kappa shape index (κ3) is 1.91. The molecule has 2 heterocycles. The van der Waals surface area contributed by atoms with E-state index in [2.05, 4.69) is 20.7 Å². The fourth-order valence-electron chi connectivity index (χ4n) is 1.29. The minimum absolute atomic E-state index is 0.0364. The maximum Gasteiger partial charge on any atom is 0.324 e. The summed E-state index contributed by atoms with van der Waals surface area (Å²) < 4.78 is 0. The second-order valence-electron chi connectivity index (χ2n) is 3.18. The van der Waals surface area contributed by atoms with Crippen LogP contribution in [0.1, 0.15) is 5.69 Å². The lowest BCUT2D eigenvalue weighted by atomic mass is 10.4. The van der Waals surface area contributed by atoms with Gasteiger partial charge in [0, 0.05) is 0 Å². The SMILES string of the molecule is NNc1cnc(CN2C(=O)CNC2=O)cn1. The number of nitrogens with two attached hydrogens (primary N) is 1. The molecule has 0 atom stereocenters. The Morgan fingerprint density at radius 2 is 2.25 bits per heavy atom. The number of amides is 3. The summed E-state index contributed by atoms with van der Waals surface area (Å²) in [5.41, 5.74) is 2.85. The van der Waals surface area contributed by atoms with Crippen molar-refractivity contribution in [3.05, 3.63) is 18.1 Å². The standard InChI is InChI=1S/C8H10N6O2/c9-13-6-2-10-5(1-11-6)4-14-7(15)3-12-8(14)16/h1-2H,3-4,9H2,(H,11,13)(H,12,16). The second kappa shape index (κ2) is 4.11. The highest BCUT2D eigenvalue weighted by molar-refractivity contribution is 6.01. The minimum atomic E-state index is -0.409. The van der Waals surface area contributed by atoms with Crippen molar-refractivity contribution in [2.45, 2.75) is 6.54 Å². The number of rotatable bonds is 3. The van der Waals surface area contributed by atoms with Gasteiger partial charge in [-0.1, -0.05) is 0 Å². The average molecular weight is 222 g/mol. The molecule has 8 heteroatoms. The van der Waals surface area contributed by atoms with Crippen molar-refractivity contribution < 1.29 is 9.59 Å². The number of nitrogens with one attached hydrogen (secondary N) is 2. The Balaban J connectivity index is 2.08. The van der Waals surface area contributed by atoms with Gasteiger partial charge in [-0.05, 0) is 0 Å². The van der Waals surface area contributed by atoms with E-state index in [0.29, 0.717) is 11.5 Å². The summed E-state index contributed by atoms with van der Waals surface area (Å²) in [6.45, 7) is 0.150. The molecule has 0 aromatic carbocycles. The Morgan fingerprint density at radius 1 is 1.44 bits per heavy atom. The predicted octanol–water partition coefficient (Wildman–Crippen LogP) is -1.19. The van der Waals surface area contributed by atoms with Crippen LogP contribution in [-0.2, 0) is 11.3 Å². The monoisotopic (exact) mass is 222 g/mol. The van der Waals surface area contributed by atoms with E-state index in [1.807, 2.05) is 0 Å². The molecule has 1 aliphatic heterocycles. The lowest BCUT2D eigenvalue weighted by molar-refractivity contribution is -0.125. The van der Waals surface area contributed by atoms with Crippen molar-refractivity contribution in [1.82, 2.24) is 20.2 Å². The maximum atomic E-state index is 11.3. The van der Waals surface area contributed by atoms with Crippen LogP contribution in [0.15, 0.2) is 12.4 Å². The molecule has 1 fully saturated rings. The Bertz CT molecular complexity index is 401. The number of urea groups is 1. The molecule has 1 aliphatic rings. The molecule has 1 saturated heterocycles. The predicted molar refractivity (Wildman–Crippen MR) is 53.8 cm³/mol. The molecule has 0 aliphatic carbocycles. The van der Waals surface area contributed by atoms with E-state index in [1.165, 1.54) is 12.4 Å². The number of carbonyl (C=O) groups excluding carboxylic acids is 2. The number of hydrogen-bond acceptors (Lipinski definition) is 6. The Hall–Kier alpha value is -2.22. The smallest absolute Gasteiger partial charge is 0.324 e. The van der Waals surface area contributed by atoms with Gasteiger partial charge in [-0.3, -0.25) is 14.7 Å². The summed E-state index contributed by atoms with van der Waals surface area (Å²) >= 11 is 0.